The van der Waals surface area contributed by atoms with Crippen LogP contribution in [0.25, 0.3) is 10.9 Å². The Morgan fingerprint density at radius 1 is 1.00 bits per heavy atom. The van der Waals surface area contributed by atoms with E-state index in [4.69, 9.17) is 0 Å². The molecule has 0 unspecified atom stereocenters. The van der Waals surface area contributed by atoms with Crippen molar-refractivity contribution >= 4 is 26.8 Å². The lowest BCUT2D eigenvalue weighted by molar-refractivity contribution is 0.0952. The van der Waals surface area contributed by atoms with Crippen LogP contribution in [0, 0.1) is 0 Å². The van der Waals surface area contributed by atoms with Gasteiger partial charge in [-0.3, -0.25) is 4.79 Å². The molecule has 4 rings (SSSR count). The Labute approximate surface area is 164 Å². The summed E-state index contributed by atoms with van der Waals surface area (Å²) >= 11 is 0. The highest BCUT2D eigenvalue weighted by Gasteiger charge is 2.25. The number of nitrogens with zero attached hydrogens (tertiary/aromatic N) is 1. The van der Waals surface area contributed by atoms with Crippen LogP contribution in [0.15, 0.2) is 59.6 Å². The van der Waals surface area contributed by atoms with Gasteiger partial charge in [-0.15, -0.1) is 0 Å². The first-order valence-corrected chi connectivity index (χ1v) is 10.9. The fourth-order valence-corrected chi connectivity index (χ4v) is 5.09. The number of fused-ring (bicyclic) bond motifs is 1. The number of sulfonamides is 1. The molecule has 0 spiro atoms. The lowest BCUT2D eigenvalue weighted by Gasteiger charge is -2.25. The number of benzene rings is 2. The Hall–Kier alpha value is -2.64. The molecule has 3 aromatic rings. The van der Waals surface area contributed by atoms with E-state index in [9.17, 15) is 13.2 Å². The van der Waals surface area contributed by atoms with Crippen molar-refractivity contribution < 1.29 is 13.2 Å². The number of nitrogens with one attached hydrogen (secondary N) is 2. The quantitative estimate of drug-likeness (QED) is 0.693. The molecule has 2 heterocycles. The molecule has 1 amide bonds. The number of amides is 1. The zero-order chi connectivity index (χ0) is 19.6. The molecule has 146 valence electrons. The SMILES string of the molecule is O=C(NCc1ccc(S(=O)(=O)N2CCCCC2)cc1)c1c[nH]c2ccccc12. The van der Waals surface area contributed by atoms with E-state index < -0.39 is 10.0 Å². The van der Waals surface area contributed by atoms with Crippen molar-refractivity contribution in [1.82, 2.24) is 14.6 Å². The van der Waals surface area contributed by atoms with Crippen LogP contribution in [-0.2, 0) is 16.6 Å². The minimum absolute atomic E-state index is 0.164. The molecule has 1 aliphatic heterocycles. The third-order valence-electron chi connectivity index (χ3n) is 5.16. The molecule has 1 fully saturated rings. The summed E-state index contributed by atoms with van der Waals surface area (Å²) in [5.74, 6) is -0.164. The Kier molecular flexibility index (Phi) is 5.19. The zero-order valence-electron chi connectivity index (χ0n) is 15.5. The molecule has 0 saturated carbocycles. The van der Waals surface area contributed by atoms with Crippen LogP contribution in [0.3, 0.4) is 0 Å². The molecule has 1 saturated heterocycles. The molecule has 1 aromatic heterocycles. The number of hydrogen-bond acceptors (Lipinski definition) is 3. The lowest BCUT2D eigenvalue weighted by Crippen LogP contribution is -2.35. The van der Waals surface area contributed by atoms with Gasteiger partial charge in [-0.05, 0) is 36.6 Å². The van der Waals surface area contributed by atoms with Crippen LogP contribution in [0.2, 0.25) is 0 Å². The van der Waals surface area contributed by atoms with Crippen molar-refractivity contribution in [2.24, 2.45) is 0 Å². The average Bonchev–Trinajstić information content (AvgIpc) is 3.17. The Morgan fingerprint density at radius 2 is 1.71 bits per heavy atom. The largest absolute Gasteiger partial charge is 0.360 e. The minimum Gasteiger partial charge on any atom is -0.360 e. The maximum absolute atomic E-state index is 12.7. The molecule has 0 bridgehead atoms. The number of aromatic amines is 1. The fraction of sp³-hybridized carbons (Fsp3) is 0.286. The van der Waals surface area contributed by atoms with Crippen molar-refractivity contribution in [3.63, 3.8) is 0 Å². The van der Waals surface area contributed by atoms with Crippen molar-refractivity contribution in [2.45, 2.75) is 30.7 Å². The van der Waals surface area contributed by atoms with Crippen LogP contribution in [0.5, 0.6) is 0 Å². The van der Waals surface area contributed by atoms with Gasteiger partial charge >= 0.3 is 0 Å². The summed E-state index contributed by atoms with van der Waals surface area (Å²) in [4.78, 5) is 15.9. The predicted molar refractivity (Wildman–Crippen MR) is 109 cm³/mol. The number of carbonyl (C=O) groups is 1. The summed E-state index contributed by atoms with van der Waals surface area (Å²) in [5, 5.41) is 3.77. The number of para-hydroxylation sites is 1. The van der Waals surface area contributed by atoms with E-state index in [2.05, 4.69) is 10.3 Å². The predicted octanol–water partition coefficient (Wildman–Crippen LogP) is 3.27. The zero-order valence-corrected chi connectivity index (χ0v) is 16.3. The van der Waals surface area contributed by atoms with E-state index in [0.29, 0.717) is 30.1 Å². The molecule has 1 aliphatic rings. The maximum Gasteiger partial charge on any atom is 0.253 e. The van der Waals surface area contributed by atoms with Gasteiger partial charge in [0.2, 0.25) is 10.0 Å². The van der Waals surface area contributed by atoms with E-state index in [1.54, 1.807) is 34.8 Å². The van der Waals surface area contributed by atoms with Crippen molar-refractivity contribution in [2.75, 3.05) is 13.1 Å². The highest BCUT2D eigenvalue weighted by molar-refractivity contribution is 7.89. The first kappa shape index (κ1) is 18.7. The second kappa shape index (κ2) is 7.77. The van der Waals surface area contributed by atoms with E-state index in [1.165, 1.54) is 0 Å². The average molecular weight is 398 g/mol. The van der Waals surface area contributed by atoms with E-state index in [1.807, 2.05) is 24.3 Å². The minimum atomic E-state index is -3.43. The van der Waals surface area contributed by atoms with Gasteiger partial charge in [0, 0.05) is 36.7 Å². The van der Waals surface area contributed by atoms with Gasteiger partial charge in [0.25, 0.3) is 5.91 Å². The summed E-state index contributed by atoms with van der Waals surface area (Å²) in [5.41, 5.74) is 2.37. The first-order chi connectivity index (χ1) is 13.6. The molecule has 0 aliphatic carbocycles. The second-order valence-electron chi connectivity index (χ2n) is 7.04. The Balaban J connectivity index is 1.42. The number of piperidine rings is 1. The van der Waals surface area contributed by atoms with Crippen LogP contribution in [-0.4, -0.2) is 36.7 Å². The second-order valence-corrected chi connectivity index (χ2v) is 8.98. The van der Waals surface area contributed by atoms with Gasteiger partial charge < -0.3 is 10.3 Å². The number of hydrogen-bond donors (Lipinski definition) is 2. The molecule has 7 heteroatoms. The molecule has 0 radical (unpaired) electrons. The standard InChI is InChI=1S/C21H23N3O3S/c25-21(19-15-22-20-7-3-2-6-18(19)20)23-14-16-8-10-17(11-9-16)28(26,27)24-12-4-1-5-13-24/h2-3,6-11,15,22H,1,4-5,12-14H2,(H,23,25). The van der Waals surface area contributed by atoms with Crippen LogP contribution < -0.4 is 5.32 Å². The number of rotatable bonds is 5. The summed E-state index contributed by atoms with van der Waals surface area (Å²) in [6.45, 7) is 1.51. The Morgan fingerprint density at radius 3 is 2.46 bits per heavy atom. The third kappa shape index (κ3) is 3.68. The first-order valence-electron chi connectivity index (χ1n) is 9.49. The lowest BCUT2D eigenvalue weighted by atomic mass is 10.1. The normalized spacial score (nSPS) is 15.6. The van der Waals surface area contributed by atoms with E-state index >= 15 is 0 Å². The molecule has 6 nitrogen and oxygen atoms in total. The van der Waals surface area contributed by atoms with Gasteiger partial charge in [-0.1, -0.05) is 36.8 Å². The van der Waals surface area contributed by atoms with Gasteiger partial charge in [0.1, 0.15) is 0 Å². The summed E-state index contributed by atoms with van der Waals surface area (Å²) in [7, 11) is -3.43. The maximum atomic E-state index is 12.7. The summed E-state index contributed by atoms with van der Waals surface area (Å²) in [6, 6.07) is 14.4. The fourth-order valence-electron chi connectivity index (χ4n) is 3.57. The molecular formula is C21H23N3O3S. The van der Waals surface area contributed by atoms with Gasteiger partial charge in [-0.25, -0.2) is 8.42 Å². The number of carbonyl (C=O) groups excluding carboxylic acids is 1. The smallest absolute Gasteiger partial charge is 0.253 e. The van der Waals surface area contributed by atoms with E-state index in [-0.39, 0.29) is 5.91 Å². The monoisotopic (exact) mass is 397 g/mol. The van der Waals surface area contributed by atoms with E-state index in [0.717, 1.165) is 35.7 Å². The molecule has 28 heavy (non-hydrogen) atoms. The topological polar surface area (TPSA) is 82.3 Å². The highest BCUT2D eigenvalue weighted by atomic mass is 32.2. The summed E-state index contributed by atoms with van der Waals surface area (Å²) < 4.78 is 27.0. The summed E-state index contributed by atoms with van der Waals surface area (Å²) in [6.07, 6.45) is 4.61. The van der Waals surface area contributed by atoms with Gasteiger partial charge in [0.05, 0.1) is 10.5 Å². The van der Waals surface area contributed by atoms with Crippen LogP contribution >= 0.6 is 0 Å². The van der Waals surface area contributed by atoms with Crippen LogP contribution in [0.4, 0.5) is 0 Å². The highest BCUT2D eigenvalue weighted by Crippen LogP contribution is 2.21. The van der Waals surface area contributed by atoms with Gasteiger partial charge in [-0.2, -0.15) is 4.31 Å². The number of aromatic nitrogens is 1. The number of H-pyrrole nitrogens is 1. The Bertz CT molecular complexity index is 1080. The van der Waals surface area contributed by atoms with Crippen molar-refractivity contribution in [3.05, 3.63) is 65.9 Å². The molecular weight excluding hydrogens is 374 g/mol. The van der Waals surface area contributed by atoms with Crippen LogP contribution in [0.1, 0.15) is 35.2 Å². The van der Waals surface area contributed by atoms with Crippen molar-refractivity contribution in [1.29, 1.82) is 0 Å². The molecule has 0 atom stereocenters. The van der Waals surface area contributed by atoms with Crippen molar-refractivity contribution in [3.8, 4) is 0 Å². The molecule has 2 aromatic carbocycles. The third-order valence-corrected chi connectivity index (χ3v) is 7.08. The van der Waals surface area contributed by atoms with Gasteiger partial charge in [0.15, 0.2) is 0 Å². The molecule has 2 N–H and O–H groups in total.